The first kappa shape index (κ1) is 18.1. The number of aliphatic imine (C=N–C) groups is 2. The van der Waals surface area contributed by atoms with Gasteiger partial charge in [0.15, 0.2) is 11.7 Å². The summed E-state index contributed by atoms with van der Waals surface area (Å²) < 4.78 is 14.3. The molecule has 9 nitrogen and oxygen atoms in total. The van der Waals surface area contributed by atoms with Gasteiger partial charge in [-0.25, -0.2) is 20.0 Å². The molecule has 0 bridgehead atoms. The standard InChI is InChI=1S/C20H25N7O2/c1-11(21)8-13(22)25-17-15-14-16(26-17)23-10-24-18(14)27(20(2)5-6-20)19(15)29-9-12-4-3-7-28-12/h8,10,12H,3-7,9,21H2,1-2H3,(H2,22,23,24,25,26)/t12-/m1/s1. The molecule has 2 aromatic rings. The smallest absolute Gasteiger partial charge is 0.207 e. The molecule has 9 heteroatoms. The Morgan fingerprint density at radius 3 is 2.93 bits per heavy atom. The third-order valence-corrected chi connectivity index (χ3v) is 5.68. The minimum Gasteiger partial charge on any atom is -0.475 e. The fourth-order valence-corrected chi connectivity index (χ4v) is 3.98. The lowest BCUT2D eigenvalue weighted by molar-refractivity contribution is 0.0642. The average Bonchev–Trinajstić information content (AvgIpc) is 3.06. The fourth-order valence-electron chi connectivity index (χ4n) is 3.98. The monoisotopic (exact) mass is 395 g/mol. The number of aromatic nitrogens is 3. The van der Waals surface area contributed by atoms with Crippen molar-refractivity contribution >= 4 is 28.5 Å². The summed E-state index contributed by atoms with van der Waals surface area (Å²) in [5.74, 6) is 2.08. The first-order valence-electron chi connectivity index (χ1n) is 9.97. The van der Waals surface area contributed by atoms with Crippen LogP contribution in [0.1, 0.15) is 45.1 Å². The van der Waals surface area contributed by atoms with Crippen molar-refractivity contribution in [3.8, 4) is 5.88 Å². The van der Waals surface area contributed by atoms with Gasteiger partial charge in [0.25, 0.3) is 0 Å². The van der Waals surface area contributed by atoms with Crippen molar-refractivity contribution < 1.29 is 9.47 Å². The molecule has 1 saturated heterocycles. The van der Waals surface area contributed by atoms with Gasteiger partial charge in [-0.1, -0.05) is 0 Å². The van der Waals surface area contributed by atoms with E-state index in [-0.39, 0.29) is 17.5 Å². The second-order valence-electron chi connectivity index (χ2n) is 8.21. The van der Waals surface area contributed by atoms with Crippen molar-refractivity contribution in [2.24, 2.45) is 21.5 Å². The van der Waals surface area contributed by atoms with Crippen LogP contribution < -0.4 is 16.2 Å². The molecule has 3 aliphatic rings. The zero-order valence-corrected chi connectivity index (χ0v) is 16.7. The van der Waals surface area contributed by atoms with Crippen molar-refractivity contribution in [2.75, 3.05) is 13.2 Å². The number of nitrogens with zero attached hydrogens (tertiary/aromatic N) is 5. The van der Waals surface area contributed by atoms with Crippen LogP contribution in [0.4, 0.5) is 5.82 Å². The molecule has 0 amide bonds. The number of rotatable bonds is 5. The minimum atomic E-state index is -0.0283. The van der Waals surface area contributed by atoms with E-state index in [0.29, 0.717) is 24.0 Å². The first-order chi connectivity index (χ1) is 14.0. The average molecular weight is 395 g/mol. The maximum atomic E-state index is 6.36. The van der Waals surface area contributed by atoms with E-state index >= 15 is 0 Å². The molecular weight excluding hydrogens is 370 g/mol. The SMILES string of the molecule is CC(N)=CC(N)=NC1=Nc2ncnc3c2c1c(OC[C@H]1CCCO1)n3C1(C)CC1. The lowest BCUT2D eigenvalue weighted by Gasteiger charge is -2.19. The van der Waals surface area contributed by atoms with Gasteiger partial charge in [0, 0.05) is 17.8 Å². The number of nitrogens with two attached hydrogens (primary N) is 2. The Morgan fingerprint density at radius 1 is 1.41 bits per heavy atom. The summed E-state index contributed by atoms with van der Waals surface area (Å²) in [7, 11) is 0. The van der Waals surface area contributed by atoms with Crippen LogP contribution in [0.3, 0.4) is 0 Å². The summed E-state index contributed by atoms with van der Waals surface area (Å²) in [5.41, 5.74) is 14.0. The van der Waals surface area contributed by atoms with E-state index in [2.05, 4.69) is 31.4 Å². The van der Waals surface area contributed by atoms with Crippen molar-refractivity contribution in [2.45, 2.75) is 51.2 Å². The van der Waals surface area contributed by atoms with Crippen LogP contribution in [0.15, 0.2) is 28.1 Å². The molecule has 1 saturated carbocycles. The van der Waals surface area contributed by atoms with Gasteiger partial charge in [0.2, 0.25) is 5.88 Å². The van der Waals surface area contributed by atoms with Gasteiger partial charge < -0.3 is 20.9 Å². The zero-order chi connectivity index (χ0) is 20.2. The Labute approximate surface area is 168 Å². The van der Waals surface area contributed by atoms with Crippen LogP contribution in [0.2, 0.25) is 0 Å². The molecule has 29 heavy (non-hydrogen) atoms. The molecule has 0 radical (unpaired) electrons. The summed E-state index contributed by atoms with van der Waals surface area (Å²) in [4.78, 5) is 18.0. The molecule has 4 N–H and O–H groups in total. The summed E-state index contributed by atoms with van der Waals surface area (Å²) in [6.45, 7) is 5.25. The second kappa shape index (κ2) is 6.55. The van der Waals surface area contributed by atoms with E-state index in [9.17, 15) is 0 Å². The van der Waals surface area contributed by atoms with E-state index in [0.717, 1.165) is 54.8 Å². The molecule has 2 aliphatic heterocycles. The lowest BCUT2D eigenvalue weighted by Crippen LogP contribution is -2.22. The predicted molar refractivity (Wildman–Crippen MR) is 111 cm³/mol. The predicted octanol–water partition coefficient (Wildman–Crippen LogP) is 2.11. The normalized spacial score (nSPS) is 23.0. The van der Waals surface area contributed by atoms with E-state index in [4.69, 9.17) is 20.9 Å². The highest BCUT2D eigenvalue weighted by molar-refractivity contribution is 6.22. The Balaban J connectivity index is 1.64. The van der Waals surface area contributed by atoms with Gasteiger partial charge in [-0.2, -0.15) is 0 Å². The molecule has 5 rings (SSSR count). The van der Waals surface area contributed by atoms with Crippen molar-refractivity contribution in [3.63, 3.8) is 0 Å². The second-order valence-corrected chi connectivity index (χ2v) is 8.21. The summed E-state index contributed by atoms with van der Waals surface area (Å²) >= 11 is 0. The van der Waals surface area contributed by atoms with E-state index in [1.807, 2.05) is 0 Å². The molecule has 1 aliphatic carbocycles. The van der Waals surface area contributed by atoms with Gasteiger partial charge in [0.05, 0.1) is 17.1 Å². The number of amidine groups is 2. The van der Waals surface area contributed by atoms with Crippen LogP contribution in [0, 0.1) is 0 Å². The van der Waals surface area contributed by atoms with Gasteiger partial charge >= 0.3 is 0 Å². The molecular formula is C20H25N7O2. The number of allylic oxidation sites excluding steroid dienone is 1. The third-order valence-electron chi connectivity index (χ3n) is 5.68. The van der Waals surface area contributed by atoms with Crippen molar-refractivity contribution in [1.29, 1.82) is 0 Å². The highest BCUT2D eigenvalue weighted by Gasteiger charge is 2.45. The van der Waals surface area contributed by atoms with E-state index in [1.165, 1.54) is 6.33 Å². The largest absolute Gasteiger partial charge is 0.475 e. The molecule has 0 aromatic carbocycles. The van der Waals surface area contributed by atoms with Crippen LogP contribution in [0.25, 0.3) is 11.0 Å². The zero-order valence-electron chi connectivity index (χ0n) is 16.7. The number of hydrogen-bond donors (Lipinski definition) is 2. The lowest BCUT2D eigenvalue weighted by atomic mass is 10.2. The van der Waals surface area contributed by atoms with Gasteiger partial charge in [-0.15, -0.1) is 0 Å². The summed E-state index contributed by atoms with van der Waals surface area (Å²) in [6, 6.07) is 0. The summed E-state index contributed by atoms with van der Waals surface area (Å²) in [5, 5.41) is 0.864. The van der Waals surface area contributed by atoms with Crippen LogP contribution >= 0.6 is 0 Å². The maximum Gasteiger partial charge on any atom is 0.207 e. The van der Waals surface area contributed by atoms with Gasteiger partial charge in [-0.3, -0.25) is 4.57 Å². The van der Waals surface area contributed by atoms with E-state index < -0.39 is 0 Å². The Hall–Kier alpha value is -2.94. The quantitative estimate of drug-likeness (QED) is 0.590. The molecule has 2 aromatic heterocycles. The highest BCUT2D eigenvalue weighted by atomic mass is 16.5. The Morgan fingerprint density at radius 2 is 2.24 bits per heavy atom. The van der Waals surface area contributed by atoms with Crippen LogP contribution in [0.5, 0.6) is 5.88 Å². The Bertz CT molecular complexity index is 1070. The molecule has 152 valence electrons. The number of hydrogen-bond acceptors (Lipinski definition) is 7. The molecule has 1 atom stereocenters. The minimum absolute atomic E-state index is 0.0283. The highest BCUT2D eigenvalue weighted by Crippen LogP contribution is 2.52. The van der Waals surface area contributed by atoms with Crippen molar-refractivity contribution in [3.05, 3.63) is 23.7 Å². The topological polar surface area (TPSA) is 126 Å². The molecule has 2 fully saturated rings. The molecule has 0 spiro atoms. The number of ether oxygens (including phenoxy) is 2. The van der Waals surface area contributed by atoms with E-state index in [1.54, 1.807) is 13.0 Å². The third kappa shape index (κ3) is 3.05. The molecule has 0 unspecified atom stereocenters. The van der Waals surface area contributed by atoms with Gasteiger partial charge in [0.1, 0.15) is 24.4 Å². The maximum absolute atomic E-state index is 6.36. The van der Waals surface area contributed by atoms with Crippen molar-refractivity contribution in [1.82, 2.24) is 14.5 Å². The fraction of sp³-hybridized carbons (Fsp3) is 0.500. The Kier molecular flexibility index (Phi) is 4.09. The van der Waals surface area contributed by atoms with Crippen LogP contribution in [-0.2, 0) is 10.3 Å². The van der Waals surface area contributed by atoms with Gasteiger partial charge in [-0.05, 0) is 45.6 Å². The molecule has 4 heterocycles. The van der Waals surface area contributed by atoms with Crippen LogP contribution in [-0.4, -0.2) is 45.5 Å². The first-order valence-corrected chi connectivity index (χ1v) is 9.97. The summed E-state index contributed by atoms with van der Waals surface area (Å²) in [6.07, 6.45) is 7.46.